The Morgan fingerprint density at radius 2 is 2.00 bits per heavy atom. The third-order valence-electron chi connectivity index (χ3n) is 4.79. The number of aliphatic hydroxyl groups is 1. The van der Waals surface area contributed by atoms with Crippen LogP contribution in [0.4, 0.5) is 5.82 Å². The fraction of sp³-hybridized carbons (Fsp3) is 0.0455. The summed E-state index contributed by atoms with van der Waals surface area (Å²) in [5, 5.41) is 22.1. The van der Waals surface area contributed by atoms with Crippen molar-refractivity contribution in [2.75, 3.05) is 5.32 Å². The summed E-state index contributed by atoms with van der Waals surface area (Å²) >= 11 is 0. The van der Waals surface area contributed by atoms with Gasteiger partial charge in [-0.2, -0.15) is 5.26 Å². The van der Waals surface area contributed by atoms with Gasteiger partial charge in [-0.3, -0.25) is 0 Å². The zero-order chi connectivity index (χ0) is 19.1. The number of nitriles is 1. The molecule has 0 radical (unpaired) electrons. The molecule has 1 aliphatic rings. The third kappa shape index (κ3) is 2.71. The maximum Gasteiger partial charge on any atom is 0.145 e. The van der Waals surface area contributed by atoms with Crippen LogP contribution in [0.5, 0.6) is 0 Å². The van der Waals surface area contributed by atoms with Gasteiger partial charge < -0.3 is 15.4 Å². The summed E-state index contributed by atoms with van der Waals surface area (Å²) in [4.78, 5) is 12.2. The van der Waals surface area contributed by atoms with E-state index in [0.717, 1.165) is 39.0 Å². The molecule has 0 saturated carbocycles. The fourth-order valence-electron chi connectivity index (χ4n) is 3.43. The van der Waals surface area contributed by atoms with E-state index >= 15 is 0 Å². The van der Waals surface area contributed by atoms with Gasteiger partial charge in [0.1, 0.15) is 12.0 Å². The average molecular weight is 365 g/mol. The van der Waals surface area contributed by atoms with E-state index in [4.69, 9.17) is 4.98 Å². The van der Waals surface area contributed by atoms with Crippen molar-refractivity contribution in [2.45, 2.75) is 6.23 Å². The minimum absolute atomic E-state index is 0.569. The smallest absolute Gasteiger partial charge is 0.145 e. The van der Waals surface area contributed by atoms with E-state index in [0.29, 0.717) is 11.4 Å². The Morgan fingerprint density at radius 3 is 2.89 bits per heavy atom. The lowest BCUT2D eigenvalue weighted by atomic mass is 9.95. The van der Waals surface area contributed by atoms with Crippen LogP contribution in [0.1, 0.15) is 11.1 Å². The second-order valence-corrected chi connectivity index (χ2v) is 6.60. The predicted molar refractivity (Wildman–Crippen MR) is 108 cm³/mol. The molecule has 0 bridgehead atoms. The van der Waals surface area contributed by atoms with Crippen molar-refractivity contribution in [3.05, 3.63) is 72.1 Å². The van der Waals surface area contributed by atoms with Gasteiger partial charge in [0, 0.05) is 16.7 Å². The maximum absolute atomic E-state index is 9.89. The van der Waals surface area contributed by atoms with Crippen LogP contribution in [0.2, 0.25) is 0 Å². The maximum atomic E-state index is 9.89. The first-order valence-electron chi connectivity index (χ1n) is 8.83. The number of nitrogens with zero attached hydrogens (tertiary/aromatic N) is 3. The van der Waals surface area contributed by atoms with Crippen LogP contribution in [-0.4, -0.2) is 26.3 Å². The lowest BCUT2D eigenvalue weighted by Gasteiger charge is -2.20. The highest BCUT2D eigenvalue weighted by Gasteiger charge is 2.18. The van der Waals surface area contributed by atoms with Crippen molar-refractivity contribution in [3.63, 3.8) is 0 Å². The molecule has 0 fully saturated rings. The molecule has 1 unspecified atom stereocenters. The Labute approximate surface area is 160 Å². The topological polar surface area (TPSA) is 97.6 Å². The zero-order valence-electron chi connectivity index (χ0n) is 14.7. The van der Waals surface area contributed by atoms with E-state index in [1.54, 1.807) is 18.5 Å². The molecule has 1 aliphatic heterocycles. The summed E-state index contributed by atoms with van der Waals surface area (Å²) in [6.07, 6.45) is 4.44. The normalized spacial score (nSPS) is 15.1. The number of anilines is 1. The van der Waals surface area contributed by atoms with E-state index in [9.17, 15) is 10.4 Å². The minimum atomic E-state index is -0.773. The van der Waals surface area contributed by atoms with Gasteiger partial charge in [-0.05, 0) is 42.0 Å². The Bertz CT molecular complexity index is 1280. The highest BCUT2D eigenvalue weighted by molar-refractivity contribution is 5.89. The quantitative estimate of drug-likeness (QED) is 0.500. The Hall–Kier alpha value is -3.95. The van der Waals surface area contributed by atoms with E-state index in [-0.39, 0.29) is 0 Å². The third-order valence-corrected chi connectivity index (χ3v) is 4.79. The molecule has 3 N–H and O–H groups in total. The molecule has 0 aliphatic carbocycles. The van der Waals surface area contributed by atoms with E-state index in [1.807, 2.05) is 48.5 Å². The SMILES string of the molecule is N#Cc1cccc(-c2nc3c(cc2-c2ccc4nc[nH]c4c2)C=CC(O)N3)c1. The van der Waals surface area contributed by atoms with Crippen LogP contribution >= 0.6 is 0 Å². The fourth-order valence-corrected chi connectivity index (χ4v) is 3.43. The number of fused-ring (bicyclic) bond motifs is 2. The van der Waals surface area contributed by atoms with Gasteiger partial charge in [-0.1, -0.05) is 24.3 Å². The first kappa shape index (κ1) is 16.2. The van der Waals surface area contributed by atoms with Crippen LogP contribution < -0.4 is 5.32 Å². The van der Waals surface area contributed by atoms with Gasteiger partial charge in [-0.15, -0.1) is 0 Å². The van der Waals surface area contributed by atoms with Crippen molar-refractivity contribution in [1.82, 2.24) is 15.0 Å². The first-order chi connectivity index (χ1) is 13.7. The summed E-state index contributed by atoms with van der Waals surface area (Å²) in [5.41, 5.74) is 6.81. The van der Waals surface area contributed by atoms with E-state index in [2.05, 4.69) is 21.4 Å². The highest BCUT2D eigenvalue weighted by atomic mass is 16.3. The Kier molecular flexibility index (Phi) is 3.68. The van der Waals surface area contributed by atoms with Gasteiger partial charge in [0.15, 0.2) is 0 Å². The number of pyridine rings is 1. The van der Waals surface area contributed by atoms with Crippen LogP contribution in [-0.2, 0) is 0 Å². The molecule has 6 nitrogen and oxygen atoms in total. The predicted octanol–water partition coefficient (Wildman–Crippen LogP) is 3.92. The molecule has 0 amide bonds. The summed E-state index contributed by atoms with van der Waals surface area (Å²) in [6.45, 7) is 0. The summed E-state index contributed by atoms with van der Waals surface area (Å²) < 4.78 is 0. The van der Waals surface area contributed by atoms with E-state index in [1.165, 1.54) is 0 Å². The highest BCUT2D eigenvalue weighted by Crippen LogP contribution is 2.36. The second kappa shape index (κ2) is 6.34. The number of aromatic amines is 1. The molecule has 0 saturated heterocycles. The number of aliphatic hydroxyl groups excluding tert-OH is 1. The van der Waals surface area contributed by atoms with Crippen molar-refractivity contribution in [3.8, 4) is 28.5 Å². The van der Waals surface area contributed by atoms with Gasteiger partial charge in [0.25, 0.3) is 0 Å². The van der Waals surface area contributed by atoms with Crippen molar-refractivity contribution < 1.29 is 5.11 Å². The molecule has 28 heavy (non-hydrogen) atoms. The monoisotopic (exact) mass is 365 g/mol. The molecule has 4 aromatic rings. The molecule has 6 heteroatoms. The van der Waals surface area contributed by atoms with Crippen LogP contribution in [0.25, 0.3) is 39.5 Å². The number of hydrogen-bond acceptors (Lipinski definition) is 5. The summed E-state index contributed by atoms with van der Waals surface area (Å²) in [7, 11) is 0. The number of nitrogens with one attached hydrogen (secondary N) is 2. The van der Waals surface area contributed by atoms with Crippen molar-refractivity contribution in [2.24, 2.45) is 0 Å². The average Bonchev–Trinajstić information content (AvgIpc) is 3.20. The Morgan fingerprint density at radius 1 is 1.07 bits per heavy atom. The number of aromatic nitrogens is 3. The Balaban J connectivity index is 1.77. The molecule has 134 valence electrons. The zero-order valence-corrected chi connectivity index (χ0v) is 14.7. The van der Waals surface area contributed by atoms with Gasteiger partial charge in [-0.25, -0.2) is 9.97 Å². The van der Waals surface area contributed by atoms with Crippen LogP contribution in [0.3, 0.4) is 0 Å². The number of H-pyrrole nitrogens is 1. The molecular formula is C22H15N5O. The van der Waals surface area contributed by atoms with Gasteiger partial charge in [0.05, 0.1) is 34.7 Å². The van der Waals surface area contributed by atoms with Gasteiger partial charge in [0.2, 0.25) is 0 Å². The molecule has 2 aromatic heterocycles. The van der Waals surface area contributed by atoms with Crippen LogP contribution in [0, 0.1) is 11.3 Å². The van der Waals surface area contributed by atoms with Crippen molar-refractivity contribution >= 4 is 22.9 Å². The summed E-state index contributed by atoms with van der Waals surface area (Å²) in [5.74, 6) is 0.610. The first-order valence-corrected chi connectivity index (χ1v) is 8.83. The number of imidazole rings is 1. The lowest BCUT2D eigenvalue weighted by molar-refractivity contribution is 0.251. The minimum Gasteiger partial charge on any atom is -0.370 e. The number of hydrogen-bond donors (Lipinski definition) is 3. The molecule has 0 spiro atoms. The van der Waals surface area contributed by atoms with Crippen molar-refractivity contribution in [1.29, 1.82) is 5.26 Å². The molecule has 2 aromatic carbocycles. The second-order valence-electron chi connectivity index (χ2n) is 6.60. The molecule has 5 rings (SSSR count). The van der Waals surface area contributed by atoms with E-state index < -0.39 is 6.23 Å². The largest absolute Gasteiger partial charge is 0.370 e. The van der Waals surface area contributed by atoms with Gasteiger partial charge >= 0.3 is 0 Å². The lowest BCUT2D eigenvalue weighted by Crippen LogP contribution is -2.20. The molecular weight excluding hydrogens is 350 g/mol. The number of rotatable bonds is 2. The standard InChI is InChI=1S/C22H15N5O/c23-11-13-2-1-3-15(8-13)21-17(9-16-5-7-20(28)26-22(16)27-21)14-4-6-18-19(10-14)25-12-24-18/h1-10,12,20,28H,(H,24,25)(H,26,27). The molecule has 3 heterocycles. The summed E-state index contributed by atoms with van der Waals surface area (Å²) in [6, 6.07) is 17.6. The number of benzene rings is 2. The molecule has 1 atom stereocenters. The van der Waals surface area contributed by atoms with Crippen LogP contribution in [0.15, 0.2) is 60.9 Å².